The smallest absolute Gasteiger partial charge is 0.374 e. The van der Waals surface area contributed by atoms with Crippen LogP contribution >= 0.6 is 0 Å². The molecular formula is C18H25F5O3Si. The molecule has 0 bridgehead atoms. The van der Waals surface area contributed by atoms with Crippen molar-refractivity contribution in [3.8, 4) is 0 Å². The lowest BCUT2D eigenvalue weighted by molar-refractivity contribution is 0.0553. The first-order chi connectivity index (χ1) is 12.8. The molecule has 9 heteroatoms. The number of hydrogen-bond donors (Lipinski definition) is 0. The Hall–Kier alpha value is -1.03. The van der Waals surface area contributed by atoms with E-state index in [1.807, 2.05) is 20.8 Å². The van der Waals surface area contributed by atoms with Crippen LogP contribution in [-0.4, -0.2) is 28.6 Å². The van der Waals surface area contributed by atoms with Crippen LogP contribution in [0, 0.1) is 29.1 Å². The highest BCUT2D eigenvalue weighted by molar-refractivity contribution is 6.62. The summed E-state index contributed by atoms with van der Waals surface area (Å²) in [6.45, 7) is 6.72. The van der Waals surface area contributed by atoms with Crippen molar-refractivity contribution in [3.05, 3.63) is 34.6 Å². The van der Waals surface area contributed by atoms with E-state index in [2.05, 4.69) is 0 Å². The maximum atomic E-state index is 14.1. The summed E-state index contributed by atoms with van der Waals surface area (Å²) >= 11 is 0. The zero-order valence-electron chi connectivity index (χ0n) is 15.7. The van der Waals surface area contributed by atoms with Crippen molar-refractivity contribution in [3.63, 3.8) is 0 Å². The summed E-state index contributed by atoms with van der Waals surface area (Å²) in [5, 5.41) is 0. The zero-order valence-corrected chi connectivity index (χ0v) is 16.7. The van der Waals surface area contributed by atoms with Crippen LogP contribution in [0.4, 0.5) is 22.0 Å². The Labute approximate surface area is 157 Å². The van der Waals surface area contributed by atoms with E-state index in [-0.39, 0.29) is 18.4 Å². The van der Waals surface area contributed by atoms with Gasteiger partial charge in [-0.15, -0.1) is 0 Å². The summed E-state index contributed by atoms with van der Waals surface area (Å²) in [6.07, 6.45) is 1.47. The standard InChI is InChI=1S/C18H25F5O3Si/c1-4-24-27(25-5-2,26-6-3)12-9-7-11(8-10-12)13-14(19)16(21)18(23)17(22)15(13)20/h11-12H,4-10H2,1-3H3. The van der Waals surface area contributed by atoms with Gasteiger partial charge in [0.1, 0.15) is 0 Å². The molecule has 0 heterocycles. The monoisotopic (exact) mass is 412 g/mol. The highest BCUT2D eigenvalue weighted by atomic mass is 28.4. The minimum absolute atomic E-state index is 0.0742. The Morgan fingerprint density at radius 1 is 0.667 bits per heavy atom. The van der Waals surface area contributed by atoms with Crippen LogP contribution in [0.2, 0.25) is 5.54 Å². The van der Waals surface area contributed by atoms with Crippen molar-refractivity contribution in [2.75, 3.05) is 19.8 Å². The second-order valence-electron chi connectivity index (χ2n) is 6.43. The van der Waals surface area contributed by atoms with Gasteiger partial charge in [0.2, 0.25) is 5.82 Å². The number of benzene rings is 1. The summed E-state index contributed by atoms with van der Waals surface area (Å²) in [4.78, 5) is 0. The molecule has 0 spiro atoms. The van der Waals surface area contributed by atoms with Crippen LogP contribution in [0.25, 0.3) is 0 Å². The lowest BCUT2D eigenvalue weighted by Crippen LogP contribution is -2.51. The summed E-state index contributed by atoms with van der Waals surface area (Å²) in [5.41, 5.74) is -0.795. The fraction of sp³-hybridized carbons (Fsp3) is 0.667. The summed E-state index contributed by atoms with van der Waals surface area (Å²) in [6, 6.07) is 0. The Bertz CT molecular complexity index is 604. The van der Waals surface area contributed by atoms with Crippen molar-refractivity contribution in [2.24, 2.45) is 0 Å². The van der Waals surface area contributed by atoms with Crippen LogP contribution in [0.15, 0.2) is 0 Å². The van der Waals surface area contributed by atoms with Crippen LogP contribution < -0.4 is 0 Å². The SMILES string of the molecule is CCO[Si](OCC)(OCC)C1CCC(c2c(F)c(F)c(F)c(F)c2F)CC1. The molecule has 1 aromatic rings. The zero-order chi connectivity index (χ0) is 20.2. The maximum Gasteiger partial charge on any atom is 0.504 e. The van der Waals surface area contributed by atoms with Crippen LogP contribution in [0.5, 0.6) is 0 Å². The van der Waals surface area contributed by atoms with Gasteiger partial charge in [-0.1, -0.05) is 0 Å². The molecular weight excluding hydrogens is 387 g/mol. The number of rotatable bonds is 8. The molecule has 0 aliphatic heterocycles. The molecule has 2 rings (SSSR count). The summed E-state index contributed by atoms with van der Waals surface area (Å²) < 4.78 is 86.1. The van der Waals surface area contributed by atoms with Crippen molar-refractivity contribution in [1.82, 2.24) is 0 Å². The molecule has 0 unspecified atom stereocenters. The fourth-order valence-corrected chi connectivity index (χ4v) is 7.00. The second-order valence-corrected chi connectivity index (χ2v) is 9.32. The van der Waals surface area contributed by atoms with E-state index in [1.165, 1.54) is 0 Å². The minimum Gasteiger partial charge on any atom is -0.374 e. The van der Waals surface area contributed by atoms with Gasteiger partial charge < -0.3 is 13.3 Å². The van der Waals surface area contributed by atoms with E-state index < -0.39 is 49.4 Å². The third-order valence-electron chi connectivity index (χ3n) is 4.92. The van der Waals surface area contributed by atoms with Gasteiger partial charge in [0.05, 0.1) is 0 Å². The van der Waals surface area contributed by atoms with E-state index >= 15 is 0 Å². The highest BCUT2D eigenvalue weighted by Gasteiger charge is 2.50. The fourth-order valence-electron chi connectivity index (χ4n) is 3.80. The van der Waals surface area contributed by atoms with Gasteiger partial charge in [-0.3, -0.25) is 0 Å². The molecule has 1 saturated carbocycles. The molecule has 154 valence electrons. The van der Waals surface area contributed by atoms with Crippen molar-refractivity contribution >= 4 is 8.80 Å². The first-order valence-electron chi connectivity index (χ1n) is 9.25. The predicted molar refractivity (Wildman–Crippen MR) is 91.8 cm³/mol. The molecule has 0 N–H and O–H groups in total. The quantitative estimate of drug-likeness (QED) is 0.246. The second kappa shape index (κ2) is 9.44. The average Bonchev–Trinajstić information content (AvgIpc) is 2.66. The number of hydrogen-bond acceptors (Lipinski definition) is 3. The third kappa shape index (κ3) is 4.36. The van der Waals surface area contributed by atoms with Gasteiger partial charge in [0.15, 0.2) is 23.3 Å². The summed E-state index contributed by atoms with van der Waals surface area (Å²) in [5.74, 6) is -10.1. The Kier molecular flexibility index (Phi) is 7.79. The molecule has 1 aliphatic carbocycles. The Balaban J connectivity index is 2.24. The van der Waals surface area contributed by atoms with E-state index in [0.29, 0.717) is 32.7 Å². The van der Waals surface area contributed by atoms with Gasteiger partial charge in [-0.25, -0.2) is 22.0 Å². The van der Waals surface area contributed by atoms with E-state index in [9.17, 15) is 22.0 Å². The normalized spacial score (nSPS) is 20.9. The Morgan fingerprint density at radius 3 is 1.41 bits per heavy atom. The van der Waals surface area contributed by atoms with Gasteiger partial charge >= 0.3 is 8.80 Å². The molecule has 0 amide bonds. The first kappa shape index (κ1) is 22.3. The van der Waals surface area contributed by atoms with Gasteiger partial charge in [0.25, 0.3) is 0 Å². The molecule has 0 aromatic heterocycles. The van der Waals surface area contributed by atoms with Crippen molar-refractivity contribution in [2.45, 2.75) is 57.9 Å². The topological polar surface area (TPSA) is 27.7 Å². The van der Waals surface area contributed by atoms with Gasteiger partial charge in [-0.2, -0.15) is 0 Å². The molecule has 1 aromatic carbocycles. The third-order valence-corrected chi connectivity index (χ3v) is 8.57. The van der Waals surface area contributed by atoms with E-state index in [4.69, 9.17) is 13.3 Å². The molecule has 0 saturated heterocycles. The van der Waals surface area contributed by atoms with Crippen LogP contribution in [-0.2, 0) is 13.3 Å². The van der Waals surface area contributed by atoms with Gasteiger partial charge in [-0.05, 0) is 52.4 Å². The Morgan fingerprint density at radius 2 is 1.04 bits per heavy atom. The van der Waals surface area contributed by atoms with Crippen LogP contribution in [0.1, 0.15) is 57.9 Å². The average molecular weight is 412 g/mol. The largest absolute Gasteiger partial charge is 0.504 e. The number of halogens is 5. The molecule has 1 aliphatic rings. The molecule has 3 nitrogen and oxygen atoms in total. The summed E-state index contributed by atoms with van der Waals surface area (Å²) in [7, 11) is -2.98. The minimum atomic E-state index is -2.98. The van der Waals surface area contributed by atoms with Gasteiger partial charge in [0, 0.05) is 30.9 Å². The van der Waals surface area contributed by atoms with E-state index in [0.717, 1.165) is 0 Å². The van der Waals surface area contributed by atoms with Crippen molar-refractivity contribution < 1.29 is 35.2 Å². The van der Waals surface area contributed by atoms with Crippen molar-refractivity contribution in [1.29, 1.82) is 0 Å². The first-order valence-corrected chi connectivity index (χ1v) is 11.1. The molecule has 27 heavy (non-hydrogen) atoms. The maximum absolute atomic E-state index is 14.1. The lowest BCUT2D eigenvalue weighted by Gasteiger charge is -2.39. The predicted octanol–water partition coefficient (Wildman–Crippen LogP) is 5.46. The highest BCUT2D eigenvalue weighted by Crippen LogP contribution is 2.46. The van der Waals surface area contributed by atoms with E-state index in [1.54, 1.807) is 0 Å². The molecule has 1 fully saturated rings. The van der Waals surface area contributed by atoms with Crippen LogP contribution in [0.3, 0.4) is 0 Å². The molecule has 0 radical (unpaired) electrons. The lowest BCUT2D eigenvalue weighted by atomic mass is 9.83. The molecule has 0 atom stereocenters.